The number of nitrogens with zero attached hydrogens (tertiary/aromatic N) is 2. The monoisotopic (exact) mass is 386 g/mol. The van der Waals surface area contributed by atoms with Crippen molar-refractivity contribution in [1.82, 2.24) is 9.80 Å². The molecule has 1 aliphatic carbocycles. The SMILES string of the molecule is CC(C)(C)OC(=O)C[C@H]1CC[C@H](CN2CCN(Cc3ccccc3)CC2)CC1. The third-order valence-electron chi connectivity index (χ3n) is 6.07. The van der Waals surface area contributed by atoms with E-state index in [9.17, 15) is 4.79 Å². The molecule has 1 aliphatic heterocycles. The van der Waals surface area contributed by atoms with Gasteiger partial charge < -0.3 is 9.64 Å². The Labute approximate surface area is 171 Å². The van der Waals surface area contributed by atoms with Gasteiger partial charge in [0.25, 0.3) is 0 Å². The highest BCUT2D eigenvalue weighted by molar-refractivity contribution is 5.70. The van der Waals surface area contributed by atoms with Crippen LogP contribution in [0.1, 0.15) is 58.4 Å². The Balaban J connectivity index is 1.32. The van der Waals surface area contributed by atoms with Crippen molar-refractivity contribution in [3.05, 3.63) is 35.9 Å². The van der Waals surface area contributed by atoms with E-state index in [1.54, 1.807) is 0 Å². The quantitative estimate of drug-likeness (QED) is 0.681. The summed E-state index contributed by atoms with van der Waals surface area (Å²) in [6, 6.07) is 10.8. The van der Waals surface area contributed by atoms with E-state index in [0.717, 1.165) is 12.5 Å². The van der Waals surface area contributed by atoms with E-state index < -0.39 is 0 Å². The number of hydrogen-bond acceptors (Lipinski definition) is 4. The molecule has 0 amide bonds. The normalized spacial score (nSPS) is 24.8. The summed E-state index contributed by atoms with van der Waals surface area (Å²) in [6.07, 6.45) is 5.48. The summed E-state index contributed by atoms with van der Waals surface area (Å²) in [6.45, 7) is 12.9. The first kappa shape index (κ1) is 21.3. The minimum Gasteiger partial charge on any atom is -0.460 e. The molecule has 28 heavy (non-hydrogen) atoms. The van der Waals surface area contributed by atoms with Crippen molar-refractivity contribution in [1.29, 1.82) is 0 Å². The zero-order valence-electron chi connectivity index (χ0n) is 18.0. The van der Waals surface area contributed by atoms with Crippen LogP contribution in [0, 0.1) is 11.8 Å². The fourth-order valence-electron chi connectivity index (χ4n) is 4.57. The zero-order chi connectivity index (χ0) is 20.0. The summed E-state index contributed by atoms with van der Waals surface area (Å²) < 4.78 is 5.49. The standard InChI is InChI=1S/C24H38N2O2/c1-24(2,3)28-23(27)17-20-9-11-22(12-10-20)19-26-15-13-25(14-16-26)18-21-7-5-4-6-8-21/h4-8,20,22H,9-19H2,1-3H3/t20-,22-. The molecule has 156 valence electrons. The summed E-state index contributed by atoms with van der Waals surface area (Å²) in [5.74, 6) is 1.30. The molecular formula is C24H38N2O2. The van der Waals surface area contributed by atoms with Crippen molar-refractivity contribution in [2.75, 3.05) is 32.7 Å². The van der Waals surface area contributed by atoms with Crippen LogP contribution in [0.2, 0.25) is 0 Å². The van der Waals surface area contributed by atoms with Crippen LogP contribution in [-0.4, -0.2) is 54.1 Å². The fraction of sp³-hybridized carbons (Fsp3) is 0.708. The molecule has 0 unspecified atom stereocenters. The molecule has 2 fully saturated rings. The van der Waals surface area contributed by atoms with Crippen LogP contribution < -0.4 is 0 Å². The first-order chi connectivity index (χ1) is 13.4. The molecule has 1 saturated heterocycles. The van der Waals surface area contributed by atoms with E-state index >= 15 is 0 Å². The molecule has 0 radical (unpaired) electrons. The topological polar surface area (TPSA) is 32.8 Å². The number of carbonyl (C=O) groups is 1. The van der Waals surface area contributed by atoms with Crippen LogP contribution in [0.5, 0.6) is 0 Å². The summed E-state index contributed by atoms with van der Waals surface area (Å²) >= 11 is 0. The van der Waals surface area contributed by atoms with Crippen molar-refractivity contribution in [3.63, 3.8) is 0 Å². The van der Waals surface area contributed by atoms with Gasteiger partial charge in [-0.3, -0.25) is 9.69 Å². The van der Waals surface area contributed by atoms with Gasteiger partial charge in [0.05, 0.1) is 0 Å². The summed E-state index contributed by atoms with van der Waals surface area (Å²) in [5.41, 5.74) is 1.05. The van der Waals surface area contributed by atoms with Crippen LogP contribution in [0.4, 0.5) is 0 Å². The molecule has 1 aromatic carbocycles. The van der Waals surface area contributed by atoms with Crippen LogP contribution >= 0.6 is 0 Å². The molecule has 3 rings (SSSR count). The predicted molar refractivity (Wildman–Crippen MR) is 114 cm³/mol. The molecule has 0 aromatic heterocycles. The summed E-state index contributed by atoms with van der Waals surface area (Å²) in [5, 5.41) is 0. The highest BCUT2D eigenvalue weighted by Gasteiger charge is 2.27. The van der Waals surface area contributed by atoms with Crippen molar-refractivity contribution in [2.24, 2.45) is 11.8 Å². The van der Waals surface area contributed by atoms with Crippen molar-refractivity contribution < 1.29 is 9.53 Å². The number of esters is 1. The molecule has 1 heterocycles. The second kappa shape index (κ2) is 9.89. The number of piperazine rings is 1. The number of benzene rings is 1. The van der Waals surface area contributed by atoms with Gasteiger partial charge in [-0.25, -0.2) is 0 Å². The number of ether oxygens (including phenoxy) is 1. The maximum Gasteiger partial charge on any atom is 0.306 e. The Morgan fingerprint density at radius 1 is 0.929 bits per heavy atom. The van der Waals surface area contributed by atoms with Gasteiger partial charge in [0.1, 0.15) is 5.60 Å². The van der Waals surface area contributed by atoms with E-state index in [4.69, 9.17) is 4.74 Å². The Hall–Kier alpha value is -1.39. The highest BCUT2D eigenvalue weighted by atomic mass is 16.6. The second-order valence-corrected chi connectivity index (χ2v) is 9.74. The molecule has 0 spiro atoms. The molecule has 4 heteroatoms. The number of rotatable bonds is 6. The van der Waals surface area contributed by atoms with Gasteiger partial charge in [-0.05, 0) is 63.9 Å². The van der Waals surface area contributed by atoms with Crippen LogP contribution in [0.15, 0.2) is 30.3 Å². The molecule has 2 aliphatic rings. The van der Waals surface area contributed by atoms with Gasteiger partial charge >= 0.3 is 5.97 Å². The van der Waals surface area contributed by atoms with Crippen molar-refractivity contribution in [3.8, 4) is 0 Å². The molecule has 4 nitrogen and oxygen atoms in total. The average molecular weight is 387 g/mol. The van der Waals surface area contributed by atoms with Gasteiger partial charge in [0.2, 0.25) is 0 Å². The van der Waals surface area contributed by atoms with Gasteiger partial charge in [-0.2, -0.15) is 0 Å². The Bertz CT molecular complexity index is 595. The van der Waals surface area contributed by atoms with Gasteiger partial charge in [-0.1, -0.05) is 30.3 Å². The van der Waals surface area contributed by atoms with Crippen LogP contribution in [-0.2, 0) is 16.1 Å². The van der Waals surface area contributed by atoms with Crippen LogP contribution in [0.25, 0.3) is 0 Å². The minimum absolute atomic E-state index is 0.0227. The second-order valence-electron chi connectivity index (χ2n) is 9.74. The Kier molecular flexibility index (Phi) is 7.53. The minimum atomic E-state index is -0.364. The maximum atomic E-state index is 12.1. The lowest BCUT2D eigenvalue weighted by atomic mass is 9.80. The lowest BCUT2D eigenvalue weighted by molar-refractivity contribution is -0.156. The van der Waals surface area contributed by atoms with Crippen molar-refractivity contribution >= 4 is 5.97 Å². The van der Waals surface area contributed by atoms with E-state index in [2.05, 4.69) is 40.1 Å². The number of hydrogen-bond donors (Lipinski definition) is 0. The van der Waals surface area contributed by atoms with Crippen molar-refractivity contribution in [2.45, 2.75) is 65.0 Å². The average Bonchev–Trinajstić information content (AvgIpc) is 2.64. The molecule has 1 aromatic rings. The van der Waals surface area contributed by atoms with E-state index in [1.807, 2.05) is 20.8 Å². The zero-order valence-corrected chi connectivity index (χ0v) is 18.0. The summed E-state index contributed by atoms with van der Waals surface area (Å²) in [4.78, 5) is 17.3. The van der Waals surface area contributed by atoms with E-state index in [-0.39, 0.29) is 11.6 Å². The van der Waals surface area contributed by atoms with Gasteiger partial charge in [0, 0.05) is 45.7 Å². The third-order valence-corrected chi connectivity index (χ3v) is 6.07. The summed E-state index contributed by atoms with van der Waals surface area (Å²) in [7, 11) is 0. The maximum absolute atomic E-state index is 12.1. The number of carbonyl (C=O) groups excluding carboxylic acids is 1. The van der Waals surface area contributed by atoms with Gasteiger partial charge in [-0.15, -0.1) is 0 Å². The third kappa shape index (κ3) is 7.21. The van der Waals surface area contributed by atoms with Crippen LogP contribution in [0.3, 0.4) is 0 Å². The highest BCUT2D eigenvalue weighted by Crippen LogP contribution is 2.32. The molecular weight excluding hydrogens is 348 g/mol. The Morgan fingerprint density at radius 2 is 1.50 bits per heavy atom. The van der Waals surface area contributed by atoms with Gasteiger partial charge in [0.15, 0.2) is 0 Å². The molecule has 0 bridgehead atoms. The molecule has 0 N–H and O–H groups in total. The Morgan fingerprint density at radius 3 is 2.11 bits per heavy atom. The predicted octanol–water partition coefficient (Wildman–Crippen LogP) is 4.34. The molecule has 0 atom stereocenters. The largest absolute Gasteiger partial charge is 0.460 e. The van der Waals surface area contributed by atoms with E-state index in [0.29, 0.717) is 12.3 Å². The fourth-order valence-corrected chi connectivity index (χ4v) is 4.57. The first-order valence-electron chi connectivity index (χ1n) is 11.1. The lowest BCUT2D eigenvalue weighted by Gasteiger charge is -2.38. The first-order valence-corrected chi connectivity index (χ1v) is 11.1. The molecule has 1 saturated carbocycles. The smallest absolute Gasteiger partial charge is 0.306 e. The lowest BCUT2D eigenvalue weighted by Crippen LogP contribution is -2.47. The van der Waals surface area contributed by atoms with E-state index in [1.165, 1.54) is 64.0 Å².